The van der Waals surface area contributed by atoms with Crippen molar-refractivity contribution in [3.8, 4) is 0 Å². The third-order valence-electron chi connectivity index (χ3n) is 6.34. The van der Waals surface area contributed by atoms with E-state index < -0.39 is 0 Å². The van der Waals surface area contributed by atoms with E-state index in [4.69, 9.17) is 0 Å². The lowest BCUT2D eigenvalue weighted by Crippen LogP contribution is -2.06. The highest BCUT2D eigenvalue weighted by Crippen LogP contribution is 2.71. The lowest BCUT2D eigenvalue weighted by atomic mass is 9.94. The molecule has 2 aromatic heterocycles. The van der Waals surface area contributed by atoms with Crippen LogP contribution in [0, 0.1) is 25.2 Å². The molecule has 0 spiro atoms. The van der Waals surface area contributed by atoms with Crippen molar-refractivity contribution in [1.29, 1.82) is 0 Å². The molecule has 0 saturated heterocycles. The zero-order valence-electron chi connectivity index (χ0n) is 15.9. The number of rotatable bonds is 5. The molecule has 2 heterocycles. The molecule has 0 N–H and O–H groups in total. The Morgan fingerprint density at radius 2 is 2.08 bits per heavy atom. The smallest absolute Gasteiger partial charge is 0.173 e. The summed E-state index contributed by atoms with van der Waals surface area (Å²) in [6.07, 6.45) is 3.49. The zero-order chi connectivity index (χ0) is 17.9. The topological polar surface area (TPSA) is 30.0 Å². The Morgan fingerprint density at radius 1 is 1.32 bits per heavy atom. The van der Waals surface area contributed by atoms with Gasteiger partial charge >= 0.3 is 0 Å². The zero-order valence-corrected chi connectivity index (χ0v) is 16.7. The van der Waals surface area contributed by atoms with Gasteiger partial charge in [0.15, 0.2) is 5.78 Å². The second kappa shape index (κ2) is 5.77. The van der Waals surface area contributed by atoms with Crippen LogP contribution in [0.4, 0.5) is 0 Å². The molecule has 2 aromatic rings. The second-order valence-electron chi connectivity index (χ2n) is 8.37. The number of nitrogens with zero attached hydrogens (tertiary/aromatic N) is 1. The fraction of sp³-hybridized carbons (Fsp3) is 0.545. The molecule has 2 aliphatic rings. The number of aryl methyl sites for hydroxylation is 4. The van der Waals surface area contributed by atoms with E-state index in [0.717, 1.165) is 41.4 Å². The Bertz CT molecular complexity index is 861. The van der Waals surface area contributed by atoms with Crippen LogP contribution in [-0.2, 0) is 19.3 Å². The molecule has 2 nitrogen and oxygen atoms in total. The lowest BCUT2D eigenvalue weighted by Gasteiger charge is -2.10. The highest BCUT2D eigenvalue weighted by Gasteiger charge is 2.63. The van der Waals surface area contributed by atoms with E-state index in [1.807, 2.05) is 6.92 Å². The Labute approximate surface area is 154 Å². The monoisotopic (exact) mass is 353 g/mol. The van der Waals surface area contributed by atoms with Crippen molar-refractivity contribution in [3.05, 3.63) is 50.0 Å². The first-order valence-electron chi connectivity index (χ1n) is 9.44. The van der Waals surface area contributed by atoms with Crippen molar-refractivity contribution in [2.75, 3.05) is 0 Å². The minimum Gasteiger partial charge on any atom is -0.293 e. The van der Waals surface area contributed by atoms with Crippen LogP contribution in [0.3, 0.4) is 0 Å². The van der Waals surface area contributed by atoms with Crippen molar-refractivity contribution in [2.24, 2.45) is 11.3 Å². The van der Waals surface area contributed by atoms with Crippen molar-refractivity contribution in [2.45, 2.75) is 66.2 Å². The molecule has 132 valence electrons. The summed E-state index contributed by atoms with van der Waals surface area (Å²) in [5, 5.41) is 0. The average Bonchev–Trinajstić information content (AvgIpc) is 2.92. The van der Waals surface area contributed by atoms with Gasteiger partial charge in [-0.2, -0.15) is 0 Å². The summed E-state index contributed by atoms with van der Waals surface area (Å²) in [5.74, 6) is 1.81. The third kappa shape index (κ3) is 2.68. The first kappa shape index (κ1) is 17.0. The summed E-state index contributed by atoms with van der Waals surface area (Å²) >= 11 is 1.74. The second-order valence-corrected chi connectivity index (χ2v) is 9.60. The summed E-state index contributed by atoms with van der Waals surface area (Å²) in [4.78, 5) is 19.9. The highest BCUT2D eigenvalue weighted by molar-refractivity contribution is 7.14. The van der Waals surface area contributed by atoms with Gasteiger partial charge in [0.25, 0.3) is 0 Å². The van der Waals surface area contributed by atoms with Gasteiger partial charge < -0.3 is 0 Å². The number of thiophene rings is 1. The summed E-state index contributed by atoms with van der Waals surface area (Å²) in [5.41, 5.74) is 6.78. The van der Waals surface area contributed by atoms with Crippen LogP contribution in [0.15, 0.2) is 12.1 Å². The first-order valence-corrected chi connectivity index (χ1v) is 10.3. The van der Waals surface area contributed by atoms with Crippen LogP contribution in [-0.4, -0.2) is 10.8 Å². The molecule has 4 rings (SSSR count). The van der Waals surface area contributed by atoms with Gasteiger partial charge in [-0.05, 0) is 79.2 Å². The Balaban J connectivity index is 1.51. The van der Waals surface area contributed by atoms with Crippen LogP contribution in [0.25, 0.3) is 0 Å². The predicted molar refractivity (Wildman–Crippen MR) is 104 cm³/mol. The maximum Gasteiger partial charge on any atom is 0.173 e. The number of hydrogen-bond acceptors (Lipinski definition) is 3. The van der Waals surface area contributed by atoms with E-state index in [1.165, 1.54) is 21.6 Å². The number of aromatic nitrogens is 1. The largest absolute Gasteiger partial charge is 0.293 e. The maximum atomic E-state index is 12.9. The van der Waals surface area contributed by atoms with E-state index in [9.17, 15) is 4.79 Å². The summed E-state index contributed by atoms with van der Waals surface area (Å²) in [6, 6.07) is 4.27. The third-order valence-corrected chi connectivity index (χ3v) is 7.55. The summed E-state index contributed by atoms with van der Waals surface area (Å²) in [6.45, 7) is 11.1. The SMILES string of the molecule is CCc1cc(CCC(=O)c2sc(C)c3c2C[C@@H]2[C@H]3C2(C)C)cc(C)n1. The van der Waals surface area contributed by atoms with Crippen LogP contribution < -0.4 is 0 Å². The molecular formula is C22H27NOS. The Kier molecular flexibility index (Phi) is 3.91. The standard InChI is InChI=1S/C22H27NOS/c1-6-15-10-14(9-12(2)23-15)7-8-18(24)21-16-11-17-20(22(17,4)5)19(16)13(3)25-21/h9-10,17,20H,6-8,11H2,1-5H3/t17-,20-/m1/s1. The molecule has 2 atom stereocenters. The molecule has 0 bridgehead atoms. The van der Waals surface area contributed by atoms with Crippen LogP contribution in [0.1, 0.15) is 75.7 Å². The van der Waals surface area contributed by atoms with Gasteiger partial charge in [0.05, 0.1) is 4.88 Å². The average molecular weight is 354 g/mol. The number of hydrogen-bond donors (Lipinski definition) is 0. The van der Waals surface area contributed by atoms with Gasteiger partial charge in [-0.25, -0.2) is 0 Å². The lowest BCUT2D eigenvalue weighted by molar-refractivity contribution is 0.0985. The number of carbonyl (C=O) groups excluding carboxylic acids is 1. The van der Waals surface area contributed by atoms with E-state index in [-0.39, 0.29) is 0 Å². The number of fused-ring (bicyclic) bond motifs is 3. The van der Waals surface area contributed by atoms with Crippen molar-refractivity contribution < 1.29 is 4.79 Å². The molecule has 3 heteroatoms. The van der Waals surface area contributed by atoms with Crippen molar-refractivity contribution in [3.63, 3.8) is 0 Å². The van der Waals surface area contributed by atoms with Gasteiger partial charge in [-0.15, -0.1) is 11.3 Å². The highest BCUT2D eigenvalue weighted by atomic mass is 32.1. The molecule has 1 fully saturated rings. The van der Waals surface area contributed by atoms with Crippen LogP contribution in [0.2, 0.25) is 0 Å². The number of pyridine rings is 1. The molecule has 2 aliphatic carbocycles. The summed E-state index contributed by atoms with van der Waals surface area (Å²) < 4.78 is 0. The minimum absolute atomic E-state index is 0.334. The predicted octanol–water partition coefficient (Wildman–Crippen LogP) is 5.43. The van der Waals surface area contributed by atoms with E-state index in [2.05, 4.69) is 44.8 Å². The molecule has 0 radical (unpaired) electrons. The molecule has 1 saturated carbocycles. The maximum absolute atomic E-state index is 12.9. The fourth-order valence-corrected chi connectivity index (χ4v) is 6.07. The number of ketones is 1. The molecular weight excluding hydrogens is 326 g/mol. The molecule has 0 unspecified atom stereocenters. The quantitative estimate of drug-likeness (QED) is 0.671. The van der Waals surface area contributed by atoms with E-state index in [0.29, 0.717) is 23.5 Å². The van der Waals surface area contributed by atoms with Gasteiger partial charge in [0, 0.05) is 22.7 Å². The first-order chi connectivity index (χ1) is 11.8. The number of Topliss-reactive ketones (excluding diaryl/α,β-unsaturated/α-hetero) is 1. The van der Waals surface area contributed by atoms with Crippen molar-refractivity contribution >= 4 is 17.1 Å². The molecule has 25 heavy (non-hydrogen) atoms. The molecule has 0 amide bonds. The molecule has 0 aromatic carbocycles. The van der Waals surface area contributed by atoms with E-state index in [1.54, 1.807) is 11.3 Å². The van der Waals surface area contributed by atoms with Gasteiger partial charge in [0.1, 0.15) is 0 Å². The van der Waals surface area contributed by atoms with Crippen LogP contribution >= 0.6 is 11.3 Å². The van der Waals surface area contributed by atoms with Gasteiger partial charge in [0.2, 0.25) is 0 Å². The van der Waals surface area contributed by atoms with E-state index >= 15 is 0 Å². The number of carbonyl (C=O) groups is 1. The van der Waals surface area contributed by atoms with Gasteiger partial charge in [-0.3, -0.25) is 9.78 Å². The van der Waals surface area contributed by atoms with Crippen LogP contribution in [0.5, 0.6) is 0 Å². The minimum atomic E-state index is 0.334. The Morgan fingerprint density at radius 3 is 2.80 bits per heavy atom. The fourth-order valence-electron chi connectivity index (χ4n) is 4.87. The Hall–Kier alpha value is -1.48. The molecule has 0 aliphatic heterocycles. The van der Waals surface area contributed by atoms with Crippen molar-refractivity contribution in [1.82, 2.24) is 4.98 Å². The summed E-state index contributed by atoms with van der Waals surface area (Å²) in [7, 11) is 0. The normalized spacial score (nSPS) is 22.6. The van der Waals surface area contributed by atoms with Gasteiger partial charge in [-0.1, -0.05) is 20.8 Å².